The SMILES string of the molecule is C=C(CBr)C1CC[C@]2(COC(C)=O)CC[C@]3(C)C(CCC4[C@@]5(C)CC[C@H](C)[C@@](C)(CO[Si](C)(C)C(C)(C)C)C5CC[C@]43C)C12. The molecule has 44 heavy (non-hydrogen) atoms. The summed E-state index contributed by atoms with van der Waals surface area (Å²) in [5.41, 5.74) is 2.72. The molecule has 0 spiro atoms. The zero-order chi connectivity index (χ0) is 32.7. The number of hydrogen-bond donors (Lipinski definition) is 0. The van der Waals surface area contributed by atoms with Gasteiger partial charge >= 0.3 is 5.97 Å². The molecule has 0 saturated heterocycles. The highest BCUT2D eigenvalue weighted by Gasteiger charge is 2.71. The zero-order valence-electron chi connectivity index (χ0n) is 30.5. The fourth-order valence-electron chi connectivity index (χ4n) is 12.6. The summed E-state index contributed by atoms with van der Waals surface area (Å²) in [6, 6.07) is 0. The highest BCUT2D eigenvalue weighted by molar-refractivity contribution is 9.09. The number of ether oxygens (including phenoxy) is 1. The van der Waals surface area contributed by atoms with E-state index in [1.165, 1.54) is 69.8 Å². The second kappa shape index (κ2) is 11.5. The molecule has 252 valence electrons. The Balaban J connectivity index is 1.48. The van der Waals surface area contributed by atoms with E-state index in [1.54, 1.807) is 6.92 Å². The predicted molar refractivity (Wildman–Crippen MR) is 190 cm³/mol. The quantitative estimate of drug-likeness (QED) is 0.115. The lowest BCUT2D eigenvalue weighted by Crippen LogP contribution is -2.67. The molecule has 3 nitrogen and oxygen atoms in total. The number of carbonyl (C=O) groups excluding carboxylic acids is 1. The number of fused-ring (bicyclic) bond motifs is 7. The minimum absolute atomic E-state index is 0.121. The van der Waals surface area contributed by atoms with Crippen molar-refractivity contribution >= 4 is 30.2 Å². The van der Waals surface area contributed by atoms with E-state index in [0.29, 0.717) is 46.5 Å². The molecule has 0 aliphatic heterocycles. The van der Waals surface area contributed by atoms with Gasteiger partial charge in [0.2, 0.25) is 0 Å². The van der Waals surface area contributed by atoms with Crippen LogP contribution in [0.5, 0.6) is 0 Å². The Morgan fingerprint density at radius 3 is 2.18 bits per heavy atom. The number of esters is 1. The van der Waals surface area contributed by atoms with Crippen LogP contribution in [0.4, 0.5) is 0 Å². The molecule has 5 unspecified atom stereocenters. The Morgan fingerprint density at radius 2 is 1.57 bits per heavy atom. The molecule has 0 N–H and O–H groups in total. The highest BCUT2D eigenvalue weighted by atomic mass is 79.9. The van der Waals surface area contributed by atoms with Crippen molar-refractivity contribution in [2.45, 2.75) is 145 Å². The summed E-state index contributed by atoms with van der Waals surface area (Å²) in [6.45, 7) is 33.1. The number of carbonyl (C=O) groups is 1. The number of allylic oxidation sites excluding steroid dienone is 1. The molecule has 0 radical (unpaired) electrons. The van der Waals surface area contributed by atoms with Crippen LogP contribution >= 0.6 is 15.9 Å². The lowest BCUT2D eigenvalue weighted by molar-refractivity contribution is -0.249. The van der Waals surface area contributed by atoms with Crippen LogP contribution in [0.3, 0.4) is 0 Å². The molecular weight excluding hydrogens is 624 g/mol. The fraction of sp³-hybridized carbons (Fsp3) is 0.923. The fourth-order valence-corrected chi connectivity index (χ4v) is 14.1. The van der Waals surface area contributed by atoms with E-state index in [2.05, 4.69) is 91.0 Å². The summed E-state index contributed by atoms with van der Waals surface area (Å²) < 4.78 is 13.0. The Kier molecular flexibility index (Phi) is 9.19. The first-order chi connectivity index (χ1) is 20.2. The molecule has 5 heteroatoms. The number of rotatable bonds is 7. The molecule has 5 rings (SSSR count). The Bertz CT molecular complexity index is 1130. The van der Waals surface area contributed by atoms with Crippen molar-refractivity contribution in [2.24, 2.45) is 62.6 Å². The normalized spacial score (nSPS) is 47.2. The van der Waals surface area contributed by atoms with Crippen LogP contribution < -0.4 is 0 Å². The molecule has 0 heterocycles. The Morgan fingerprint density at radius 1 is 0.886 bits per heavy atom. The van der Waals surface area contributed by atoms with Crippen LogP contribution in [0.15, 0.2) is 12.2 Å². The minimum Gasteiger partial charge on any atom is -0.465 e. The number of alkyl halides is 1. The van der Waals surface area contributed by atoms with Gasteiger partial charge in [-0.2, -0.15) is 0 Å². The topological polar surface area (TPSA) is 35.5 Å². The van der Waals surface area contributed by atoms with Crippen LogP contribution in [-0.4, -0.2) is 32.8 Å². The van der Waals surface area contributed by atoms with Crippen molar-refractivity contribution in [3.8, 4) is 0 Å². The van der Waals surface area contributed by atoms with Gasteiger partial charge in [-0.05, 0) is 140 Å². The first-order valence-corrected chi connectivity index (χ1v) is 22.3. The summed E-state index contributed by atoms with van der Waals surface area (Å²) in [5, 5.41) is 1.13. The smallest absolute Gasteiger partial charge is 0.302 e. The Labute approximate surface area is 281 Å². The van der Waals surface area contributed by atoms with E-state index in [9.17, 15) is 4.79 Å². The molecule has 5 aliphatic rings. The van der Waals surface area contributed by atoms with Crippen molar-refractivity contribution in [3.63, 3.8) is 0 Å². The standard InChI is InChI=1S/C39H67BrO3Si/c1-26(23-40)29-16-20-39(25-42-28(3)41)22-21-37(9)30(33(29)39)13-14-32-35(7)18-15-27(2)36(8,31(35)17-19-38(32,37)10)24-43-44(11,12)34(4,5)6/h27,29-33H,1,13-25H2,2-12H3/t27-,29?,30?,31?,32?,33?,35-,36+,37+,38+,39+/m0/s1. The third-order valence-electron chi connectivity index (χ3n) is 16.7. The molecule has 0 aromatic heterocycles. The average Bonchev–Trinajstić information content (AvgIpc) is 3.32. The molecule has 0 bridgehead atoms. The van der Waals surface area contributed by atoms with Crippen LogP contribution in [-0.2, 0) is 14.0 Å². The number of hydrogen-bond acceptors (Lipinski definition) is 3. The molecule has 11 atom stereocenters. The van der Waals surface area contributed by atoms with E-state index >= 15 is 0 Å². The zero-order valence-corrected chi connectivity index (χ0v) is 33.1. The molecule has 5 saturated carbocycles. The summed E-state index contributed by atoms with van der Waals surface area (Å²) >= 11 is 3.79. The maximum Gasteiger partial charge on any atom is 0.302 e. The second-order valence-electron chi connectivity index (χ2n) is 19.3. The largest absolute Gasteiger partial charge is 0.465 e. The van der Waals surface area contributed by atoms with Gasteiger partial charge in [-0.15, -0.1) is 0 Å². The average molecular weight is 692 g/mol. The van der Waals surface area contributed by atoms with E-state index in [1.807, 2.05) is 0 Å². The van der Waals surface area contributed by atoms with Crippen LogP contribution in [0, 0.1) is 62.6 Å². The second-order valence-corrected chi connectivity index (χ2v) is 24.6. The lowest BCUT2D eigenvalue weighted by atomic mass is 9.32. The van der Waals surface area contributed by atoms with Gasteiger partial charge in [0.15, 0.2) is 8.32 Å². The van der Waals surface area contributed by atoms with Crippen molar-refractivity contribution in [1.29, 1.82) is 0 Å². The molecular formula is C39H67BrO3Si. The van der Waals surface area contributed by atoms with Crippen LogP contribution in [0.25, 0.3) is 0 Å². The van der Waals surface area contributed by atoms with Crippen molar-refractivity contribution in [2.75, 3.05) is 18.5 Å². The molecule has 0 aromatic rings. The third kappa shape index (κ3) is 5.12. The van der Waals surface area contributed by atoms with Gasteiger partial charge in [0.1, 0.15) is 0 Å². The predicted octanol–water partition coefficient (Wildman–Crippen LogP) is 11.2. The van der Waals surface area contributed by atoms with Crippen LogP contribution in [0.1, 0.15) is 127 Å². The lowest BCUT2D eigenvalue weighted by Gasteiger charge is -2.73. The van der Waals surface area contributed by atoms with Gasteiger partial charge in [0, 0.05) is 24.3 Å². The van der Waals surface area contributed by atoms with E-state index in [4.69, 9.17) is 9.16 Å². The molecule has 0 aromatic carbocycles. The maximum atomic E-state index is 12.1. The summed E-state index contributed by atoms with van der Waals surface area (Å²) in [4.78, 5) is 12.1. The molecule has 5 fully saturated rings. The molecule has 5 aliphatic carbocycles. The maximum absolute atomic E-state index is 12.1. The van der Waals surface area contributed by atoms with E-state index in [0.717, 1.165) is 23.8 Å². The van der Waals surface area contributed by atoms with Crippen molar-refractivity contribution in [3.05, 3.63) is 12.2 Å². The van der Waals surface area contributed by atoms with E-state index in [-0.39, 0.29) is 21.8 Å². The minimum atomic E-state index is -1.83. The summed E-state index contributed by atoms with van der Waals surface area (Å²) in [7, 11) is -1.83. The first-order valence-electron chi connectivity index (χ1n) is 18.2. The number of halogens is 1. The van der Waals surface area contributed by atoms with Crippen molar-refractivity contribution in [1.82, 2.24) is 0 Å². The first kappa shape index (κ1) is 35.2. The van der Waals surface area contributed by atoms with Crippen LogP contribution in [0.2, 0.25) is 18.1 Å². The third-order valence-corrected chi connectivity index (χ3v) is 21.9. The van der Waals surface area contributed by atoms with Gasteiger partial charge < -0.3 is 9.16 Å². The van der Waals surface area contributed by atoms with Gasteiger partial charge in [0.05, 0.1) is 6.61 Å². The summed E-state index contributed by atoms with van der Waals surface area (Å²) in [5.74, 6) is 3.84. The summed E-state index contributed by atoms with van der Waals surface area (Å²) in [6.07, 6.45) is 12.9. The van der Waals surface area contributed by atoms with E-state index < -0.39 is 8.32 Å². The van der Waals surface area contributed by atoms with Gasteiger partial charge in [-0.25, -0.2) is 0 Å². The molecule has 0 amide bonds. The van der Waals surface area contributed by atoms with Crippen molar-refractivity contribution < 1.29 is 14.0 Å². The highest BCUT2D eigenvalue weighted by Crippen LogP contribution is 2.78. The van der Waals surface area contributed by atoms with Gasteiger partial charge in [-0.1, -0.05) is 83.5 Å². The monoisotopic (exact) mass is 690 g/mol. The Hall–Kier alpha value is -0.133. The van der Waals surface area contributed by atoms with Gasteiger partial charge in [0.25, 0.3) is 0 Å². The van der Waals surface area contributed by atoms with Gasteiger partial charge in [-0.3, -0.25) is 4.79 Å².